The van der Waals surface area contributed by atoms with Crippen LogP contribution < -0.4 is 15.8 Å². The summed E-state index contributed by atoms with van der Waals surface area (Å²) in [6.45, 7) is 1.57. The number of halogens is 3. The first kappa shape index (κ1) is 26.0. The molecule has 0 unspecified atom stereocenters. The molecule has 194 valence electrons. The number of nitrogens with one attached hydrogen (secondary N) is 4. The summed E-state index contributed by atoms with van der Waals surface area (Å²) in [4.78, 5) is 37.5. The maximum Gasteiger partial charge on any atom is 0.449 e. The topological polar surface area (TPSA) is 138 Å². The van der Waals surface area contributed by atoms with Gasteiger partial charge in [-0.1, -0.05) is 31.5 Å². The molecule has 0 radical (unpaired) electrons. The van der Waals surface area contributed by atoms with Crippen LogP contribution in [0.5, 0.6) is 0 Å². The van der Waals surface area contributed by atoms with Crippen LogP contribution in [0.4, 0.5) is 19.0 Å². The van der Waals surface area contributed by atoms with E-state index in [1.54, 1.807) is 35.2 Å². The fraction of sp³-hybridized carbons (Fsp3) is 0.304. The lowest BCUT2D eigenvalue weighted by Crippen LogP contribution is -2.55. The minimum Gasteiger partial charge on any atom is -0.347 e. The Bertz CT molecular complexity index is 1360. The molecular weight excluding hydrogens is 509 g/mol. The number of carbonyl (C=O) groups excluding carboxylic acids is 2. The number of aryl methyl sites for hydroxylation is 1. The molecule has 37 heavy (non-hydrogen) atoms. The number of rotatable bonds is 5. The van der Waals surface area contributed by atoms with Gasteiger partial charge < -0.3 is 9.80 Å². The minimum absolute atomic E-state index is 0.0394. The zero-order chi connectivity index (χ0) is 26.7. The zero-order valence-corrected chi connectivity index (χ0v) is 20.5. The van der Waals surface area contributed by atoms with Gasteiger partial charge in [-0.3, -0.25) is 31.3 Å². The number of amidine groups is 2. The van der Waals surface area contributed by atoms with Crippen molar-refractivity contribution in [1.29, 1.82) is 10.8 Å². The predicted octanol–water partition coefficient (Wildman–Crippen LogP) is 3.36. The average Bonchev–Trinajstić information content (AvgIpc) is 3.28. The Kier molecular flexibility index (Phi) is 7.38. The minimum atomic E-state index is -4.87. The Morgan fingerprint density at radius 1 is 1.11 bits per heavy atom. The summed E-state index contributed by atoms with van der Waals surface area (Å²) in [5.41, 5.74) is 4.94. The summed E-state index contributed by atoms with van der Waals surface area (Å²) in [6, 6.07) is 10.1. The number of piperazine rings is 1. The molecule has 1 aliphatic rings. The number of carbonyl (C=O) groups is 2. The molecule has 2 amide bonds. The molecule has 4 rings (SSSR count). The van der Waals surface area contributed by atoms with E-state index in [9.17, 15) is 22.8 Å². The predicted molar refractivity (Wildman–Crippen MR) is 133 cm³/mol. The number of hydrogen-bond acceptors (Lipinski definition) is 8. The van der Waals surface area contributed by atoms with Crippen molar-refractivity contribution < 1.29 is 22.8 Å². The number of amides is 2. The first-order chi connectivity index (χ1) is 17.6. The molecule has 1 saturated heterocycles. The summed E-state index contributed by atoms with van der Waals surface area (Å²) in [7, 11) is 0. The second-order valence-corrected chi connectivity index (χ2v) is 9.31. The van der Waals surface area contributed by atoms with E-state index < -0.39 is 29.7 Å². The summed E-state index contributed by atoms with van der Waals surface area (Å²) in [5, 5.41) is 16.1. The number of hydrazine groups is 1. The Labute approximate surface area is 213 Å². The third-order valence-corrected chi connectivity index (χ3v) is 6.64. The molecule has 0 spiro atoms. The Morgan fingerprint density at radius 3 is 2.46 bits per heavy atom. The monoisotopic (exact) mass is 532 g/mol. The first-order valence-electron chi connectivity index (χ1n) is 11.3. The van der Waals surface area contributed by atoms with Crippen molar-refractivity contribution in [3.8, 4) is 0 Å². The maximum atomic E-state index is 13.0. The molecule has 1 fully saturated rings. The summed E-state index contributed by atoms with van der Waals surface area (Å²) >= 11 is 1.37. The first-order valence-corrected chi connectivity index (χ1v) is 12.1. The summed E-state index contributed by atoms with van der Waals surface area (Å²) in [5.74, 6) is -3.26. The molecule has 0 atom stereocenters. The third kappa shape index (κ3) is 5.69. The van der Waals surface area contributed by atoms with Crippen LogP contribution in [0.15, 0.2) is 36.4 Å². The van der Waals surface area contributed by atoms with E-state index in [1.165, 1.54) is 11.3 Å². The molecule has 14 heteroatoms. The average molecular weight is 533 g/mol. The van der Waals surface area contributed by atoms with Crippen LogP contribution in [0.3, 0.4) is 0 Å². The van der Waals surface area contributed by atoms with E-state index in [2.05, 4.69) is 20.8 Å². The number of fused-ring (bicyclic) bond motifs is 1. The van der Waals surface area contributed by atoms with Gasteiger partial charge in [-0.15, -0.1) is 11.3 Å². The largest absolute Gasteiger partial charge is 0.449 e. The SMILES string of the molecule is CCCc1cc2c(N3CCN(C(=N)C(F)(F)F)C(=N)C3)nc(C(=O)NNC(=O)c3ccccc3)nc2s1. The lowest BCUT2D eigenvalue weighted by Gasteiger charge is -2.37. The molecule has 1 aliphatic heterocycles. The molecular formula is C23H23F3N8O2S. The van der Waals surface area contributed by atoms with Gasteiger partial charge in [0, 0.05) is 23.5 Å². The van der Waals surface area contributed by atoms with Gasteiger partial charge in [0.05, 0.1) is 11.9 Å². The normalized spacial score (nSPS) is 14.1. The highest BCUT2D eigenvalue weighted by atomic mass is 32.1. The van der Waals surface area contributed by atoms with Crippen LogP contribution in [0.1, 0.15) is 39.2 Å². The van der Waals surface area contributed by atoms with Gasteiger partial charge in [0.1, 0.15) is 16.5 Å². The number of hydrogen-bond donors (Lipinski definition) is 4. The lowest BCUT2D eigenvalue weighted by molar-refractivity contribution is -0.0671. The van der Waals surface area contributed by atoms with Crippen molar-refractivity contribution in [3.05, 3.63) is 52.7 Å². The number of aromatic nitrogens is 2. The van der Waals surface area contributed by atoms with E-state index in [0.717, 1.165) is 17.7 Å². The van der Waals surface area contributed by atoms with E-state index in [1.807, 2.05) is 13.0 Å². The van der Waals surface area contributed by atoms with Crippen LogP contribution in [0.25, 0.3) is 10.2 Å². The van der Waals surface area contributed by atoms with E-state index >= 15 is 0 Å². The molecule has 4 N–H and O–H groups in total. The summed E-state index contributed by atoms with van der Waals surface area (Å²) < 4.78 is 39.1. The highest BCUT2D eigenvalue weighted by Gasteiger charge is 2.41. The number of thiophene rings is 1. The van der Waals surface area contributed by atoms with Crippen molar-refractivity contribution in [1.82, 2.24) is 25.7 Å². The van der Waals surface area contributed by atoms with Crippen LogP contribution in [0, 0.1) is 10.8 Å². The van der Waals surface area contributed by atoms with Crippen molar-refractivity contribution >= 4 is 50.9 Å². The van der Waals surface area contributed by atoms with Gasteiger partial charge in [-0.05, 0) is 24.6 Å². The molecule has 0 bridgehead atoms. The lowest BCUT2D eigenvalue weighted by atomic mass is 10.2. The Hall–Kier alpha value is -4.07. The molecule has 0 saturated carbocycles. The molecule has 2 aromatic heterocycles. The molecule has 3 aromatic rings. The highest BCUT2D eigenvalue weighted by Crippen LogP contribution is 2.33. The highest BCUT2D eigenvalue weighted by molar-refractivity contribution is 7.18. The Balaban J connectivity index is 1.60. The smallest absolute Gasteiger partial charge is 0.347 e. The van der Waals surface area contributed by atoms with Crippen molar-refractivity contribution in [2.24, 2.45) is 0 Å². The van der Waals surface area contributed by atoms with Crippen LogP contribution in [-0.2, 0) is 6.42 Å². The van der Waals surface area contributed by atoms with Gasteiger partial charge in [0.2, 0.25) is 11.7 Å². The molecule has 1 aromatic carbocycles. The maximum absolute atomic E-state index is 13.0. The Morgan fingerprint density at radius 2 is 1.81 bits per heavy atom. The van der Waals surface area contributed by atoms with Crippen LogP contribution >= 0.6 is 11.3 Å². The van der Waals surface area contributed by atoms with E-state index in [4.69, 9.17) is 10.8 Å². The van der Waals surface area contributed by atoms with Gasteiger partial charge in [-0.25, -0.2) is 9.97 Å². The van der Waals surface area contributed by atoms with E-state index in [-0.39, 0.29) is 25.5 Å². The second kappa shape index (κ2) is 10.5. The molecule has 3 heterocycles. The summed E-state index contributed by atoms with van der Waals surface area (Å²) in [6.07, 6.45) is -3.23. The van der Waals surface area contributed by atoms with Gasteiger partial charge in [0.15, 0.2) is 0 Å². The number of anilines is 1. The van der Waals surface area contributed by atoms with Crippen molar-refractivity contribution in [2.45, 2.75) is 25.9 Å². The van der Waals surface area contributed by atoms with Gasteiger partial charge >= 0.3 is 12.1 Å². The second-order valence-electron chi connectivity index (χ2n) is 8.19. The fourth-order valence-electron chi connectivity index (χ4n) is 3.78. The number of alkyl halides is 3. The van der Waals surface area contributed by atoms with Crippen LogP contribution in [0.2, 0.25) is 0 Å². The number of nitrogens with zero attached hydrogens (tertiary/aromatic N) is 4. The standard InChI is InChI=1S/C23H23F3N8O2S/c1-2-6-14-11-15-18(33-9-10-34(16(27)12-33)22(28)23(24,25)26)29-17(30-21(15)37-14)20(36)32-31-19(35)13-7-4-3-5-8-13/h3-5,7-8,11,27-28H,2,6,9-10,12H2,1H3,(H,31,35)(H,32,36). The molecule has 0 aliphatic carbocycles. The van der Waals surface area contributed by atoms with E-state index in [0.29, 0.717) is 26.5 Å². The van der Waals surface area contributed by atoms with Crippen molar-refractivity contribution in [2.75, 3.05) is 24.5 Å². The quantitative estimate of drug-likeness (QED) is 0.226. The van der Waals surface area contributed by atoms with Gasteiger partial charge in [0.25, 0.3) is 5.91 Å². The number of benzene rings is 1. The third-order valence-electron chi connectivity index (χ3n) is 5.55. The van der Waals surface area contributed by atoms with Crippen molar-refractivity contribution in [3.63, 3.8) is 0 Å². The fourth-order valence-corrected chi connectivity index (χ4v) is 4.90. The van der Waals surface area contributed by atoms with Gasteiger partial charge in [-0.2, -0.15) is 13.2 Å². The molecule has 10 nitrogen and oxygen atoms in total. The van der Waals surface area contributed by atoms with Crippen LogP contribution in [-0.4, -0.2) is 64.2 Å². The zero-order valence-electron chi connectivity index (χ0n) is 19.6.